The van der Waals surface area contributed by atoms with Crippen molar-refractivity contribution in [2.75, 3.05) is 24.7 Å². The Labute approximate surface area is 451 Å². The molecule has 0 atom stereocenters. The molecule has 9 aromatic carbocycles. The topological polar surface area (TPSA) is 30.9 Å². The standard InChI is InChI=1S/C72H69NO3/c1-10-74-70(49-31-19-13-20-32-49,50-33-21-14-22-34-50)55-43-58-64-59(44-55)68(6,7)61-46-57(72(76-12-3,53-39-27-17-28-40-53)54-41-29-18-30-42-54)48-63-66(61)73(64)65-60(67(58,4)5)45-56(47-62(65)69(63,8)9)71(75-11-2,51-35-23-15-24-36-51)52-37-25-16-26-38-52/h13-48H,10-12H2,1-9H3. The summed E-state index contributed by atoms with van der Waals surface area (Å²) in [6.07, 6.45) is 0. The third-order valence-corrected chi connectivity index (χ3v) is 17.4. The van der Waals surface area contributed by atoms with Gasteiger partial charge in [-0.05, 0) is 141 Å². The molecule has 76 heavy (non-hydrogen) atoms. The third-order valence-electron chi connectivity index (χ3n) is 17.4. The van der Waals surface area contributed by atoms with E-state index in [0.717, 1.165) is 50.1 Å². The van der Waals surface area contributed by atoms with Gasteiger partial charge in [0.2, 0.25) is 0 Å². The second-order valence-corrected chi connectivity index (χ2v) is 22.5. The van der Waals surface area contributed by atoms with Gasteiger partial charge in [0.15, 0.2) is 0 Å². The van der Waals surface area contributed by atoms with Crippen LogP contribution in [0.3, 0.4) is 0 Å². The van der Waals surface area contributed by atoms with Gasteiger partial charge in [-0.15, -0.1) is 0 Å². The highest BCUT2D eigenvalue weighted by atomic mass is 16.5. The monoisotopic (exact) mass is 996 g/mol. The molecular formula is C72H69NO3. The fraction of sp³-hybridized carbons (Fsp3) is 0.250. The quantitative estimate of drug-likeness (QED) is 0.0958. The van der Waals surface area contributed by atoms with Crippen molar-refractivity contribution in [2.24, 2.45) is 0 Å². The van der Waals surface area contributed by atoms with E-state index in [9.17, 15) is 0 Å². The number of hydrogen-bond donors (Lipinski definition) is 0. The van der Waals surface area contributed by atoms with Gasteiger partial charge in [0, 0.05) is 36.1 Å². The lowest BCUT2D eigenvalue weighted by molar-refractivity contribution is 0.0214. The summed E-state index contributed by atoms with van der Waals surface area (Å²) in [6, 6.07) is 80.2. The van der Waals surface area contributed by atoms with Crippen LogP contribution in [-0.2, 0) is 47.3 Å². The minimum absolute atomic E-state index is 0.506. The van der Waals surface area contributed by atoms with Crippen molar-refractivity contribution in [3.05, 3.63) is 302 Å². The Balaban J connectivity index is 1.26. The number of rotatable bonds is 15. The Kier molecular flexibility index (Phi) is 12.0. The van der Waals surface area contributed by atoms with Crippen molar-refractivity contribution < 1.29 is 14.2 Å². The van der Waals surface area contributed by atoms with Crippen molar-refractivity contribution in [1.29, 1.82) is 0 Å². The summed E-state index contributed by atoms with van der Waals surface area (Å²) in [5.41, 5.74) is 16.8. The van der Waals surface area contributed by atoms with Gasteiger partial charge in [-0.3, -0.25) is 0 Å². The zero-order valence-corrected chi connectivity index (χ0v) is 45.6. The van der Waals surface area contributed by atoms with E-state index >= 15 is 0 Å². The Hall–Kier alpha value is -7.34. The molecule has 0 saturated carbocycles. The van der Waals surface area contributed by atoms with Crippen molar-refractivity contribution in [1.82, 2.24) is 0 Å². The second kappa shape index (κ2) is 18.4. The van der Waals surface area contributed by atoms with Gasteiger partial charge < -0.3 is 19.1 Å². The van der Waals surface area contributed by atoms with Crippen LogP contribution in [0, 0.1) is 0 Å². The van der Waals surface area contributed by atoms with E-state index in [-0.39, 0.29) is 0 Å². The lowest BCUT2D eigenvalue weighted by Crippen LogP contribution is -2.46. The molecule has 0 fully saturated rings. The van der Waals surface area contributed by atoms with Gasteiger partial charge in [0.05, 0.1) is 17.1 Å². The summed E-state index contributed by atoms with van der Waals surface area (Å²) in [5.74, 6) is 0. The highest BCUT2D eigenvalue weighted by Crippen LogP contribution is 2.68. The predicted octanol–water partition coefficient (Wildman–Crippen LogP) is 17.1. The van der Waals surface area contributed by atoms with Crippen molar-refractivity contribution in [2.45, 2.75) is 95.4 Å². The van der Waals surface area contributed by atoms with E-state index in [0.29, 0.717) is 19.8 Å². The van der Waals surface area contributed by atoms with Crippen molar-refractivity contribution >= 4 is 17.1 Å². The molecule has 380 valence electrons. The van der Waals surface area contributed by atoms with Crippen LogP contribution < -0.4 is 4.90 Å². The van der Waals surface area contributed by atoms with Gasteiger partial charge in [0.25, 0.3) is 0 Å². The van der Waals surface area contributed by atoms with E-state index in [1.165, 1.54) is 50.4 Å². The maximum Gasteiger partial charge on any atom is 0.143 e. The van der Waals surface area contributed by atoms with E-state index < -0.39 is 33.0 Å². The van der Waals surface area contributed by atoms with Crippen LogP contribution in [0.5, 0.6) is 0 Å². The third kappa shape index (κ3) is 7.00. The molecule has 0 aromatic heterocycles. The smallest absolute Gasteiger partial charge is 0.143 e. The molecule has 0 amide bonds. The lowest BCUT2D eigenvalue weighted by atomic mass is 9.58. The van der Waals surface area contributed by atoms with Gasteiger partial charge in [-0.25, -0.2) is 0 Å². The van der Waals surface area contributed by atoms with Crippen LogP contribution in [0.25, 0.3) is 0 Å². The second-order valence-electron chi connectivity index (χ2n) is 22.5. The van der Waals surface area contributed by atoms with Crippen LogP contribution in [0.1, 0.15) is 146 Å². The minimum Gasteiger partial charge on any atom is -0.361 e. The van der Waals surface area contributed by atoms with Crippen LogP contribution in [-0.4, -0.2) is 19.8 Å². The van der Waals surface area contributed by atoms with Crippen molar-refractivity contribution in [3.8, 4) is 0 Å². The van der Waals surface area contributed by atoms with Gasteiger partial charge in [-0.1, -0.05) is 224 Å². The number of nitrogens with zero attached hydrogens (tertiary/aromatic N) is 1. The van der Waals surface area contributed by atoms with Crippen LogP contribution in [0.4, 0.5) is 17.1 Å². The van der Waals surface area contributed by atoms with Crippen LogP contribution in [0.2, 0.25) is 0 Å². The summed E-state index contributed by atoms with van der Waals surface area (Å²) in [5, 5.41) is 0. The molecule has 3 aliphatic rings. The zero-order valence-electron chi connectivity index (χ0n) is 45.6. The average Bonchev–Trinajstić information content (AvgIpc) is 3.38. The summed E-state index contributed by atoms with van der Waals surface area (Å²) >= 11 is 0. The van der Waals surface area contributed by atoms with E-state index in [1.807, 2.05) is 0 Å². The fourth-order valence-corrected chi connectivity index (χ4v) is 13.8. The molecule has 4 nitrogen and oxygen atoms in total. The van der Waals surface area contributed by atoms with Crippen LogP contribution >= 0.6 is 0 Å². The van der Waals surface area contributed by atoms with E-state index in [4.69, 9.17) is 14.2 Å². The summed E-state index contributed by atoms with van der Waals surface area (Å²) < 4.78 is 22.2. The highest BCUT2D eigenvalue weighted by molar-refractivity contribution is 5.99. The summed E-state index contributed by atoms with van der Waals surface area (Å²) in [4.78, 5) is 2.69. The number of benzene rings is 9. The normalized spacial score (nSPS) is 15.5. The molecule has 4 heteroatoms. The van der Waals surface area contributed by atoms with Gasteiger partial charge in [0.1, 0.15) is 16.8 Å². The molecule has 0 radical (unpaired) electrons. The van der Waals surface area contributed by atoms with E-state index in [1.54, 1.807) is 0 Å². The number of anilines is 3. The molecule has 3 heterocycles. The molecule has 0 saturated heterocycles. The molecule has 0 bridgehead atoms. The molecule has 9 aromatic rings. The van der Waals surface area contributed by atoms with Crippen molar-refractivity contribution in [3.63, 3.8) is 0 Å². The summed E-state index contributed by atoms with van der Waals surface area (Å²) in [6.45, 7) is 22.6. The zero-order chi connectivity index (χ0) is 52.7. The Morgan fingerprint density at radius 1 is 0.276 bits per heavy atom. The van der Waals surface area contributed by atoms with Crippen LogP contribution in [0.15, 0.2) is 218 Å². The fourth-order valence-electron chi connectivity index (χ4n) is 13.8. The molecular weight excluding hydrogens is 927 g/mol. The maximum atomic E-state index is 7.38. The maximum absolute atomic E-state index is 7.38. The molecule has 3 aliphatic heterocycles. The molecule has 0 spiro atoms. The largest absolute Gasteiger partial charge is 0.361 e. The molecule has 0 unspecified atom stereocenters. The first kappa shape index (κ1) is 49.5. The van der Waals surface area contributed by atoms with Gasteiger partial charge >= 0.3 is 0 Å². The Morgan fingerprint density at radius 2 is 0.447 bits per heavy atom. The summed E-state index contributed by atoms with van der Waals surface area (Å²) in [7, 11) is 0. The first-order valence-electron chi connectivity index (χ1n) is 27.4. The van der Waals surface area contributed by atoms with Gasteiger partial charge in [-0.2, -0.15) is 0 Å². The average molecular weight is 996 g/mol. The minimum atomic E-state index is -0.936. The Morgan fingerprint density at radius 3 is 0.605 bits per heavy atom. The SMILES string of the molecule is CCOC(c1ccccc1)(c1ccccc1)c1cc2c3c(c1)C(C)(C)c1cc(C(OCC)(c4ccccc4)c4ccccc4)cc4c1N3c1c(cc(C(OCC)(c3ccccc3)c3ccccc3)cc1C4(C)C)C2(C)C. The molecule has 12 rings (SSSR count). The highest BCUT2D eigenvalue weighted by Gasteiger charge is 2.55. The number of ether oxygens (including phenoxy) is 3. The first-order chi connectivity index (χ1) is 36.8. The molecule has 0 aliphatic carbocycles. The predicted molar refractivity (Wildman–Crippen MR) is 311 cm³/mol. The van der Waals surface area contributed by atoms with E-state index in [2.05, 4.69) is 286 Å². The first-order valence-corrected chi connectivity index (χ1v) is 27.4. The Bertz CT molecular complexity index is 3000. The number of hydrogen-bond acceptors (Lipinski definition) is 4. The lowest BCUT2D eigenvalue weighted by Gasteiger charge is -2.56. The molecule has 0 N–H and O–H groups in total.